The summed E-state index contributed by atoms with van der Waals surface area (Å²) in [6.07, 6.45) is 2.03. The van der Waals surface area contributed by atoms with E-state index in [0.717, 1.165) is 12.5 Å². The van der Waals surface area contributed by atoms with E-state index in [-0.39, 0.29) is 28.6 Å². The number of anilines is 1. The van der Waals surface area contributed by atoms with Crippen molar-refractivity contribution in [2.45, 2.75) is 25.3 Å². The summed E-state index contributed by atoms with van der Waals surface area (Å²) in [5, 5.41) is 2.25. The first-order valence-electron chi connectivity index (χ1n) is 5.68. The van der Waals surface area contributed by atoms with Crippen LogP contribution in [0, 0.1) is 17.6 Å². The quantitative estimate of drug-likeness (QED) is 0.871. The Morgan fingerprint density at radius 1 is 1.39 bits per heavy atom. The summed E-state index contributed by atoms with van der Waals surface area (Å²) in [6, 6.07) is 1.65. The zero-order chi connectivity index (χ0) is 13.3. The molecule has 6 heteroatoms. The maximum atomic E-state index is 13.5. The predicted octanol–water partition coefficient (Wildman–Crippen LogP) is 2.68. The summed E-state index contributed by atoms with van der Waals surface area (Å²) in [4.78, 5) is 11.9. The lowest BCUT2D eigenvalue weighted by atomic mass is 10.1. The van der Waals surface area contributed by atoms with E-state index in [0.29, 0.717) is 18.9 Å². The Labute approximate surface area is 108 Å². The maximum absolute atomic E-state index is 13.5. The zero-order valence-electron chi connectivity index (χ0n) is 9.55. The van der Waals surface area contributed by atoms with Crippen molar-refractivity contribution in [1.82, 2.24) is 0 Å². The fourth-order valence-electron chi connectivity index (χ4n) is 2.14. The lowest BCUT2D eigenvalue weighted by Crippen LogP contribution is -2.23. The molecule has 1 aliphatic rings. The third-order valence-corrected chi connectivity index (χ3v) is 3.40. The summed E-state index contributed by atoms with van der Waals surface area (Å²) in [7, 11) is 0. The van der Waals surface area contributed by atoms with Gasteiger partial charge in [0.2, 0.25) is 5.91 Å². The fourth-order valence-corrected chi connectivity index (χ4v) is 2.38. The van der Waals surface area contributed by atoms with Crippen molar-refractivity contribution in [2.24, 2.45) is 11.7 Å². The smallest absolute Gasteiger partial charge is 0.227 e. The van der Waals surface area contributed by atoms with Gasteiger partial charge < -0.3 is 11.1 Å². The average molecular weight is 275 g/mol. The molecule has 0 saturated heterocycles. The summed E-state index contributed by atoms with van der Waals surface area (Å²) in [6.45, 7) is 0. The minimum Gasteiger partial charge on any atom is -0.328 e. The number of nitrogens with two attached hydrogens (primary N) is 1. The number of halogens is 3. The molecule has 0 aromatic heterocycles. The molecular formula is C12H13ClF2N2O. The number of benzene rings is 1. The fraction of sp³-hybridized carbons (Fsp3) is 0.417. The highest BCUT2D eigenvalue weighted by Gasteiger charge is 2.28. The number of carbonyl (C=O) groups is 1. The first-order chi connectivity index (χ1) is 8.47. The Morgan fingerprint density at radius 3 is 2.67 bits per heavy atom. The predicted molar refractivity (Wildman–Crippen MR) is 65.3 cm³/mol. The van der Waals surface area contributed by atoms with Crippen LogP contribution in [-0.2, 0) is 4.79 Å². The van der Waals surface area contributed by atoms with E-state index in [1.54, 1.807) is 0 Å². The van der Waals surface area contributed by atoms with E-state index < -0.39 is 11.6 Å². The van der Waals surface area contributed by atoms with Gasteiger partial charge in [0, 0.05) is 18.0 Å². The molecule has 3 N–H and O–H groups in total. The third kappa shape index (κ3) is 2.79. The van der Waals surface area contributed by atoms with Gasteiger partial charge >= 0.3 is 0 Å². The van der Waals surface area contributed by atoms with E-state index >= 15 is 0 Å². The van der Waals surface area contributed by atoms with E-state index in [4.69, 9.17) is 17.3 Å². The number of carbonyl (C=O) groups excluding carboxylic acids is 1. The molecule has 1 aliphatic carbocycles. The number of hydrogen-bond donors (Lipinski definition) is 2. The molecule has 1 fully saturated rings. The SMILES string of the molecule is NC1CCC(C(=O)Nc2c(F)cc(F)cc2Cl)C1. The van der Waals surface area contributed by atoms with Gasteiger partial charge in [-0.05, 0) is 25.3 Å². The van der Waals surface area contributed by atoms with E-state index in [2.05, 4.69) is 5.32 Å². The Balaban J connectivity index is 2.12. The molecule has 1 saturated carbocycles. The Hall–Kier alpha value is -1.20. The molecule has 1 aromatic carbocycles. The topological polar surface area (TPSA) is 55.1 Å². The summed E-state index contributed by atoms with van der Waals surface area (Å²) < 4.78 is 26.3. The van der Waals surface area contributed by atoms with E-state index in [1.165, 1.54) is 0 Å². The number of nitrogens with one attached hydrogen (secondary N) is 1. The summed E-state index contributed by atoms with van der Waals surface area (Å²) >= 11 is 5.69. The van der Waals surface area contributed by atoms with Gasteiger partial charge in [-0.1, -0.05) is 11.6 Å². The standard InChI is InChI=1S/C12H13ClF2N2O/c13-9-4-7(14)5-10(15)11(9)17-12(18)6-1-2-8(16)3-6/h4-6,8H,1-3,16H2,(H,17,18). The monoisotopic (exact) mass is 274 g/mol. The Morgan fingerprint density at radius 2 is 2.11 bits per heavy atom. The van der Waals surface area contributed by atoms with Gasteiger partial charge in [-0.2, -0.15) is 0 Å². The van der Waals surface area contributed by atoms with E-state index in [1.807, 2.05) is 0 Å². The first-order valence-corrected chi connectivity index (χ1v) is 6.06. The van der Waals surface area contributed by atoms with Crippen molar-refractivity contribution < 1.29 is 13.6 Å². The number of amides is 1. The summed E-state index contributed by atoms with van der Waals surface area (Å²) in [5.74, 6) is -2.22. The van der Waals surface area contributed by atoms with Gasteiger partial charge in [-0.15, -0.1) is 0 Å². The largest absolute Gasteiger partial charge is 0.328 e. The molecule has 0 spiro atoms. The van der Waals surface area contributed by atoms with Crippen LogP contribution in [0.15, 0.2) is 12.1 Å². The van der Waals surface area contributed by atoms with Crippen molar-refractivity contribution in [3.05, 3.63) is 28.8 Å². The minimum absolute atomic E-state index is 0.00860. The van der Waals surface area contributed by atoms with Crippen LogP contribution in [0.4, 0.5) is 14.5 Å². The van der Waals surface area contributed by atoms with Crippen molar-refractivity contribution >= 4 is 23.2 Å². The molecule has 0 bridgehead atoms. The highest BCUT2D eigenvalue weighted by Crippen LogP contribution is 2.29. The number of rotatable bonds is 2. The van der Waals surface area contributed by atoms with Crippen LogP contribution < -0.4 is 11.1 Å². The molecule has 1 aromatic rings. The van der Waals surface area contributed by atoms with Gasteiger partial charge in [0.1, 0.15) is 5.82 Å². The Bertz CT molecular complexity index is 458. The van der Waals surface area contributed by atoms with Gasteiger partial charge in [-0.3, -0.25) is 4.79 Å². The molecule has 2 atom stereocenters. The van der Waals surface area contributed by atoms with Crippen LogP contribution in [0.5, 0.6) is 0 Å². The highest BCUT2D eigenvalue weighted by molar-refractivity contribution is 6.33. The lowest BCUT2D eigenvalue weighted by molar-refractivity contribution is -0.119. The molecule has 2 rings (SSSR count). The van der Waals surface area contributed by atoms with Crippen molar-refractivity contribution in [3.8, 4) is 0 Å². The molecule has 0 radical (unpaired) electrons. The highest BCUT2D eigenvalue weighted by atomic mass is 35.5. The van der Waals surface area contributed by atoms with Crippen molar-refractivity contribution in [3.63, 3.8) is 0 Å². The molecule has 3 nitrogen and oxygen atoms in total. The second kappa shape index (κ2) is 5.20. The van der Waals surface area contributed by atoms with Crippen LogP contribution in [0.25, 0.3) is 0 Å². The lowest BCUT2D eigenvalue weighted by Gasteiger charge is -2.12. The molecule has 1 amide bonds. The number of hydrogen-bond acceptors (Lipinski definition) is 2. The summed E-state index contributed by atoms with van der Waals surface area (Å²) in [5.41, 5.74) is 5.53. The molecule has 18 heavy (non-hydrogen) atoms. The van der Waals surface area contributed by atoms with Gasteiger partial charge in [0.05, 0.1) is 10.7 Å². The van der Waals surface area contributed by atoms with Gasteiger partial charge in [-0.25, -0.2) is 8.78 Å². The first kappa shape index (κ1) is 13.2. The normalized spacial score (nSPS) is 23.1. The second-order valence-corrected chi connectivity index (χ2v) is 4.91. The third-order valence-electron chi connectivity index (χ3n) is 3.10. The van der Waals surface area contributed by atoms with Crippen LogP contribution in [0.3, 0.4) is 0 Å². The van der Waals surface area contributed by atoms with E-state index in [9.17, 15) is 13.6 Å². The molecule has 98 valence electrons. The van der Waals surface area contributed by atoms with Crippen LogP contribution in [0.2, 0.25) is 5.02 Å². The second-order valence-electron chi connectivity index (χ2n) is 4.50. The average Bonchev–Trinajstić information content (AvgIpc) is 2.70. The maximum Gasteiger partial charge on any atom is 0.227 e. The molecule has 0 aliphatic heterocycles. The minimum atomic E-state index is -0.879. The van der Waals surface area contributed by atoms with Crippen LogP contribution in [-0.4, -0.2) is 11.9 Å². The molecule has 2 unspecified atom stereocenters. The molecular weight excluding hydrogens is 262 g/mol. The molecule has 0 heterocycles. The van der Waals surface area contributed by atoms with Gasteiger partial charge in [0.15, 0.2) is 5.82 Å². The van der Waals surface area contributed by atoms with Crippen LogP contribution in [0.1, 0.15) is 19.3 Å². The van der Waals surface area contributed by atoms with Crippen molar-refractivity contribution in [1.29, 1.82) is 0 Å². The zero-order valence-corrected chi connectivity index (χ0v) is 10.3. The van der Waals surface area contributed by atoms with Crippen LogP contribution >= 0.6 is 11.6 Å². The van der Waals surface area contributed by atoms with Gasteiger partial charge in [0.25, 0.3) is 0 Å². The van der Waals surface area contributed by atoms with Crippen molar-refractivity contribution in [2.75, 3.05) is 5.32 Å². The Kier molecular flexibility index (Phi) is 3.82.